The highest BCUT2D eigenvalue weighted by Crippen LogP contribution is 2.33. The number of hydrogen-bond donors (Lipinski definition) is 0. The Bertz CT molecular complexity index is 716. The topological polar surface area (TPSA) is 50.1 Å². The Hall–Kier alpha value is -1.86. The van der Waals surface area contributed by atoms with Gasteiger partial charge in [0.2, 0.25) is 0 Å². The molecule has 0 radical (unpaired) electrons. The fourth-order valence-corrected chi connectivity index (χ4v) is 4.47. The van der Waals surface area contributed by atoms with Crippen LogP contribution in [0.3, 0.4) is 0 Å². The Labute approximate surface area is 160 Å². The Balaban J connectivity index is 1.66. The standard InChI is InChI=1S/C20H29FN6/c1-2-25-12-14-26(15-13-25)19(16-8-10-17(21)11-9-16)20-22-23-24-27(20)18-6-4-3-5-7-18/h8-11,18-19H,2-7,12-15H2,1H3/t19-/m1/s1. The third kappa shape index (κ3) is 4.04. The predicted octanol–water partition coefficient (Wildman–Crippen LogP) is 3.04. The van der Waals surface area contributed by atoms with E-state index in [0.717, 1.165) is 57.0 Å². The van der Waals surface area contributed by atoms with Gasteiger partial charge in [0.1, 0.15) is 5.82 Å². The highest BCUT2D eigenvalue weighted by atomic mass is 19.1. The number of piperazine rings is 1. The van der Waals surface area contributed by atoms with Crippen LogP contribution in [0.25, 0.3) is 0 Å². The molecule has 0 N–H and O–H groups in total. The van der Waals surface area contributed by atoms with Gasteiger partial charge in [-0.15, -0.1) is 5.10 Å². The Kier molecular flexibility index (Phi) is 5.78. The highest BCUT2D eigenvalue weighted by molar-refractivity contribution is 5.25. The molecule has 0 bridgehead atoms. The van der Waals surface area contributed by atoms with E-state index in [0.29, 0.717) is 6.04 Å². The summed E-state index contributed by atoms with van der Waals surface area (Å²) < 4.78 is 15.6. The second-order valence-corrected chi connectivity index (χ2v) is 7.70. The fourth-order valence-electron chi connectivity index (χ4n) is 4.47. The lowest BCUT2D eigenvalue weighted by Gasteiger charge is -2.39. The summed E-state index contributed by atoms with van der Waals surface area (Å²) in [6.45, 7) is 7.30. The van der Waals surface area contributed by atoms with Crippen LogP contribution in [0.4, 0.5) is 4.39 Å². The predicted molar refractivity (Wildman–Crippen MR) is 102 cm³/mol. The van der Waals surface area contributed by atoms with Gasteiger partial charge in [-0.1, -0.05) is 38.3 Å². The molecule has 0 spiro atoms. The van der Waals surface area contributed by atoms with Crippen LogP contribution in [-0.4, -0.2) is 62.7 Å². The molecule has 2 aromatic rings. The molecule has 1 saturated heterocycles. The summed E-state index contributed by atoms with van der Waals surface area (Å²) in [7, 11) is 0. The highest BCUT2D eigenvalue weighted by Gasteiger charge is 2.32. The van der Waals surface area contributed by atoms with Gasteiger partial charge in [-0.25, -0.2) is 9.07 Å². The van der Waals surface area contributed by atoms with E-state index in [-0.39, 0.29) is 11.9 Å². The molecule has 0 unspecified atom stereocenters. The zero-order chi connectivity index (χ0) is 18.6. The van der Waals surface area contributed by atoms with Crippen LogP contribution in [0.2, 0.25) is 0 Å². The van der Waals surface area contributed by atoms with Crippen molar-refractivity contribution in [1.82, 2.24) is 30.0 Å². The SMILES string of the molecule is CCN1CCN([C@H](c2ccc(F)cc2)c2nnnn2C2CCCCC2)CC1. The van der Waals surface area contributed by atoms with Gasteiger partial charge in [0.15, 0.2) is 5.82 Å². The first kappa shape index (κ1) is 18.5. The van der Waals surface area contributed by atoms with E-state index in [1.807, 2.05) is 12.1 Å². The molecule has 1 aromatic heterocycles. The molecule has 2 fully saturated rings. The van der Waals surface area contributed by atoms with Crippen LogP contribution in [-0.2, 0) is 0 Å². The summed E-state index contributed by atoms with van der Waals surface area (Å²) in [5.41, 5.74) is 1.06. The maximum absolute atomic E-state index is 13.5. The van der Waals surface area contributed by atoms with Gasteiger partial charge in [0, 0.05) is 26.2 Å². The minimum absolute atomic E-state index is 0.0264. The maximum atomic E-state index is 13.5. The number of tetrazole rings is 1. The van der Waals surface area contributed by atoms with Crippen molar-refractivity contribution in [3.8, 4) is 0 Å². The molecule has 1 saturated carbocycles. The first-order valence-corrected chi connectivity index (χ1v) is 10.3. The fraction of sp³-hybridized carbons (Fsp3) is 0.650. The number of likely N-dealkylation sites (N-methyl/N-ethyl adjacent to an activating group) is 1. The summed E-state index contributed by atoms with van der Waals surface area (Å²) in [5, 5.41) is 12.9. The number of nitrogens with zero attached hydrogens (tertiary/aromatic N) is 6. The smallest absolute Gasteiger partial charge is 0.173 e. The summed E-state index contributed by atoms with van der Waals surface area (Å²) >= 11 is 0. The van der Waals surface area contributed by atoms with Gasteiger partial charge in [-0.3, -0.25) is 4.90 Å². The van der Waals surface area contributed by atoms with Gasteiger partial charge in [0.05, 0.1) is 12.1 Å². The van der Waals surface area contributed by atoms with E-state index in [1.165, 1.54) is 19.3 Å². The number of halogens is 1. The minimum Gasteiger partial charge on any atom is -0.301 e. The molecular formula is C20H29FN6. The lowest BCUT2D eigenvalue weighted by Crippen LogP contribution is -2.48. The lowest BCUT2D eigenvalue weighted by atomic mass is 9.95. The molecule has 1 aliphatic heterocycles. The lowest BCUT2D eigenvalue weighted by molar-refractivity contribution is 0.107. The van der Waals surface area contributed by atoms with Gasteiger partial charge < -0.3 is 4.90 Å². The molecule has 6 nitrogen and oxygen atoms in total. The third-order valence-corrected chi connectivity index (χ3v) is 6.09. The number of aromatic nitrogens is 4. The third-order valence-electron chi connectivity index (χ3n) is 6.09. The van der Waals surface area contributed by atoms with Crippen molar-refractivity contribution in [3.05, 3.63) is 41.5 Å². The first-order valence-electron chi connectivity index (χ1n) is 10.3. The molecule has 1 aromatic carbocycles. The van der Waals surface area contributed by atoms with E-state index in [1.54, 1.807) is 12.1 Å². The van der Waals surface area contributed by atoms with Crippen LogP contribution in [0.15, 0.2) is 24.3 Å². The molecule has 146 valence electrons. The van der Waals surface area contributed by atoms with Crippen molar-refractivity contribution in [3.63, 3.8) is 0 Å². The molecule has 1 atom stereocenters. The van der Waals surface area contributed by atoms with Crippen LogP contribution >= 0.6 is 0 Å². The Morgan fingerprint density at radius 3 is 2.41 bits per heavy atom. The average molecular weight is 372 g/mol. The Morgan fingerprint density at radius 1 is 1.04 bits per heavy atom. The zero-order valence-electron chi connectivity index (χ0n) is 16.1. The van der Waals surface area contributed by atoms with Crippen LogP contribution in [0.1, 0.15) is 62.5 Å². The first-order chi connectivity index (χ1) is 13.3. The van der Waals surface area contributed by atoms with Crippen LogP contribution < -0.4 is 0 Å². The van der Waals surface area contributed by atoms with Crippen molar-refractivity contribution >= 4 is 0 Å². The van der Waals surface area contributed by atoms with E-state index in [4.69, 9.17) is 0 Å². The maximum Gasteiger partial charge on any atom is 0.173 e. The van der Waals surface area contributed by atoms with Crippen molar-refractivity contribution in [2.75, 3.05) is 32.7 Å². The van der Waals surface area contributed by atoms with E-state index in [2.05, 4.69) is 36.9 Å². The molecule has 4 rings (SSSR count). The molecule has 0 amide bonds. The van der Waals surface area contributed by atoms with E-state index < -0.39 is 0 Å². The van der Waals surface area contributed by atoms with Crippen molar-refractivity contribution in [2.45, 2.75) is 51.1 Å². The van der Waals surface area contributed by atoms with Crippen molar-refractivity contribution < 1.29 is 4.39 Å². The summed E-state index contributed by atoms with van der Waals surface area (Å²) in [5.74, 6) is 0.693. The second-order valence-electron chi connectivity index (χ2n) is 7.70. The summed E-state index contributed by atoms with van der Waals surface area (Å²) in [6.07, 6.45) is 6.05. The number of rotatable bonds is 5. The van der Waals surface area contributed by atoms with Crippen molar-refractivity contribution in [1.29, 1.82) is 0 Å². The number of benzene rings is 1. The van der Waals surface area contributed by atoms with Crippen LogP contribution in [0, 0.1) is 5.82 Å². The van der Waals surface area contributed by atoms with Crippen molar-refractivity contribution in [2.24, 2.45) is 0 Å². The monoisotopic (exact) mass is 372 g/mol. The average Bonchev–Trinajstić information content (AvgIpc) is 3.20. The zero-order valence-corrected chi connectivity index (χ0v) is 16.1. The Morgan fingerprint density at radius 2 is 1.74 bits per heavy atom. The normalized spacial score (nSPS) is 21.4. The molecule has 2 heterocycles. The minimum atomic E-state index is -0.208. The molecule has 1 aliphatic carbocycles. The van der Waals surface area contributed by atoms with Gasteiger partial charge in [0.25, 0.3) is 0 Å². The molecule has 7 heteroatoms. The van der Waals surface area contributed by atoms with E-state index in [9.17, 15) is 4.39 Å². The largest absolute Gasteiger partial charge is 0.301 e. The molecular weight excluding hydrogens is 343 g/mol. The van der Waals surface area contributed by atoms with E-state index >= 15 is 0 Å². The molecule has 27 heavy (non-hydrogen) atoms. The quantitative estimate of drug-likeness (QED) is 0.807. The summed E-state index contributed by atoms with van der Waals surface area (Å²) in [4.78, 5) is 4.91. The van der Waals surface area contributed by atoms with Crippen LogP contribution in [0.5, 0.6) is 0 Å². The summed E-state index contributed by atoms with van der Waals surface area (Å²) in [6, 6.07) is 7.20. The molecule has 2 aliphatic rings. The van der Waals surface area contributed by atoms with Gasteiger partial charge in [-0.05, 0) is 47.5 Å². The van der Waals surface area contributed by atoms with Gasteiger partial charge >= 0.3 is 0 Å². The second kappa shape index (κ2) is 8.44. The van der Waals surface area contributed by atoms with Gasteiger partial charge in [-0.2, -0.15) is 0 Å². The number of hydrogen-bond acceptors (Lipinski definition) is 5.